The Bertz CT molecular complexity index is 383. The van der Waals surface area contributed by atoms with Crippen molar-refractivity contribution in [3.63, 3.8) is 0 Å². The molecule has 0 spiro atoms. The minimum Gasteiger partial charge on any atom is -0.368 e. The quantitative estimate of drug-likeness (QED) is 0.735. The van der Waals surface area contributed by atoms with Crippen LogP contribution in [-0.4, -0.2) is 20.3 Å². The van der Waals surface area contributed by atoms with Crippen molar-refractivity contribution in [1.82, 2.24) is 20.3 Å². The van der Waals surface area contributed by atoms with E-state index in [1.807, 2.05) is 13.0 Å². The summed E-state index contributed by atoms with van der Waals surface area (Å²) in [5.74, 6) is 1.77. The summed E-state index contributed by atoms with van der Waals surface area (Å²) in [5, 5.41) is 10.8. The molecule has 2 aromatic heterocycles. The number of H-pyrrole nitrogens is 1. The van der Waals surface area contributed by atoms with E-state index in [-0.39, 0.29) is 0 Å². The van der Waals surface area contributed by atoms with Crippen molar-refractivity contribution in [2.24, 2.45) is 0 Å². The Kier molecular flexibility index (Phi) is 2.40. The van der Waals surface area contributed by atoms with E-state index in [9.17, 15) is 0 Å². The third-order valence-electron chi connectivity index (χ3n) is 1.50. The second kappa shape index (κ2) is 3.70. The van der Waals surface area contributed by atoms with Gasteiger partial charge in [0.25, 0.3) is 0 Å². The first-order chi connectivity index (χ1) is 6.74. The number of aromatic amines is 1. The molecule has 0 aliphatic heterocycles. The summed E-state index contributed by atoms with van der Waals surface area (Å²) < 4.78 is 5.02. The number of hydrogen-bond acceptors (Lipinski definition) is 6. The number of aromatic nitrogens is 4. The molecule has 0 saturated heterocycles. The molecule has 0 fully saturated rings. The molecule has 3 N–H and O–H groups in total. The summed E-state index contributed by atoms with van der Waals surface area (Å²) in [6, 6.07) is 1.88. The lowest BCUT2D eigenvalue weighted by Crippen LogP contribution is -1.85. The summed E-state index contributed by atoms with van der Waals surface area (Å²) in [7, 11) is 0. The number of aryl methyl sites for hydroxylation is 1. The standard InChI is InChI=1S/C7H9N5OS/c1-4-2-5(13-12-4)3-14-7-9-6(8)10-11-7/h2H,3H2,1H3,(H3,8,9,10,11). The molecule has 0 aliphatic carbocycles. The molecular formula is C7H9N5OS. The Hall–Kier alpha value is -1.50. The van der Waals surface area contributed by atoms with Crippen LogP contribution in [0.4, 0.5) is 5.95 Å². The van der Waals surface area contributed by atoms with Gasteiger partial charge in [0.15, 0.2) is 0 Å². The van der Waals surface area contributed by atoms with Crippen LogP contribution >= 0.6 is 11.8 Å². The normalized spacial score (nSPS) is 10.6. The highest BCUT2D eigenvalue weighted by Gasteiger charge is 2.05. The molecular weight excluding hydrogens is 202 g/mol. The Balaban J connectivity index is 1.94. The molecule has 0 bridgehead atoms. The molecule has 0 aromatic carbocycles. The van der Waals surface area contributed by atoms with E-state index in [2.05, 4.69) is 20.3 Å². The highest BCUT2D eigenvalue weighted by Crippen LogP contribution is 2.19. The van der Waals surface area contributed by atoms with Gasteiger partial charge in [0.2, 0.25) is 11.1 Å². The molecule has 0 radical (unpaired) electrons. The van der Waals surface area contributed by atoms with E-state index >= 15 is 0 Å². The monoisotopic (exact) mass is 211 g/mol. The van der Waals surface area contributed by atoms with Crippen LogP contribution in [0, 0.1) is 6.92 Å². The van der Waals surface area contributed by atoms with Crippen molar-refractivity contribution in [2.75, 3.05) is 5.73 Å². The first kappa shape index (κ1) is 9.07. The molecule has 74 valence electrons. The number of nitrogens with two attached hydrogens (primary N) is 1. The van der Waals surface area contributed by atoms with Gasteiger partial charge < -0.3 is 10.3 Å². The maximum Gasteiger partial charge on any atom is 0.216 e. The molecule has 0 aliphatic rings. The summed E-state index contributed by atoms with van der Waals surface area (Å²) >= 11 is 1.44. The number of nitrogens with zero attached hydrogens (tertiary/aromatic N) is 3. The Morgan fingerprint density at radius 3 is 3.07 bits per heavy atom. The zero-order valence-corrected chi connectivity index (χ0v) is 8.34. The molecule has 2 heterocycles. The smallest absolute Gasteiger partial charge is 0.216 e. The van der Waals surface area contributed by atoms with Crippen molar-refractivity contribution in [2.45, 2.75) is 17.8 Å². The zero-order valence-electron chi connectivity index (χ0n) is 7.52. The summed E-state index contributed by atoms with van der Waals surface area (Å²) in [6.45, 7) is 1.88. The van der Waals surface area contributed by atoms with Gasteiger partial charge in [-0.25, -0.2) is 5.10 Å². The minimum atomic E-state index is 0.321. The van der Waals surface area contributed by atoms with Crippen molar-refractivity contribution in [3.8, 4) is 0 Å². The lowest BCUT2D eigenvalue weighted by molar-refractivity contribution is 0.391. The zero-order chi connectivity index (χ0) is 9.97. The third kappa shape index (κ3) is 2.05. The SMILES string of the molecule is Cc1cc(CSc2n[nH]c(N)n2)on1. The number of thioether (sulfide) groups is 1. The van der Waals surface area contributed by atoms with Crippen LogP contribution in [0.15, 0.2) is 15.7 Å². The highest BCUT2D eigenvalue weighted by molar-refractivity contribution is 7.98. The average Bonchev–Trinajstić information content (AvgIpc) is 2.72. The minimum absolute atomic E-state index is 0.321. The van der Waals surface area contributed by atoms with Crippen LogP contribution < -0.4 is 5.73 Å². The molecule has 2 rings (SSSR count). The van der Waals surface area contributed by atoms with Gasteiger partial charge in [0, 0.05) is 6.07 Å². The van der Waals surface area contributed by atoms with Crippen molar-refractivity contribution in [3.05, 3.63) is 17.5 Å². The lowest BCUT2D eigenvalue weighted by atomic mass is 10.4. The maximum absolute atomic E-state index is 5.37. The highest BCUT2D eigenvalue weighted by atomic mass is 32.2. The van der Waals surface area contributed by atoms with E-state index in [1.165, 1.54) is 11.8 Å². The first-order valence-corrected chi connectivity index (χ1v) is 4.95. The lowest BCUT2D eigenvalue weighted by Gasteiger charge is -1.89. The van der Waals surface area contributed by atoms with Gasteiger partial charge in [-0.15, -0.1) is 5.10 Å². The second-order valence-corrected chi connectivity index (χ2v) is 3.67. The summed E-state index contributed by atoms with van der Waals surface area (Å²) in [4.78, 5) is 3.94. The van der Waals surface area contributed by atoms with E-state index in [1.54, 1.807) is 0 Å². The molecule has 7 heteroatoms. The summed E-state index contributed by atoms with van der Waals surface area (Å²) in [6.07, 6.45) is 0. The molecule has 0 saturated carbocycles. The van der Waals surface area contributed by atoms with Crippen molar-refractivity contribution < 1.29 is 4.52 Å². The average molecular weight is 211 g/mol. The maximum atomic E-state index is 5.37. The number of rotatable bonds is 3. The fraction of sp³-hybridized carbons (Fsp3) is 0.286. The van der Waals surface area contributed by atoms with E-state index in [0.29, 0.717) is 16.9 Å². The topological polar surface area (TPSA) is 93.6 Å². The number of anilines is 1. The van der Waals surface area contributed by atoms with E-state index < -0.39 is 0 Å². The predicted molar refractivity (Wildman–Crippen MR) is 51.6 cm³/mol. The largest absolute Gasteiger partial charge is 0.368 e. The predicted octanol–water partition coefficient (Wildman–Crippen LogP) is 0.976. The van der Waals surface area contributed by atoms with Crippen molar-refractivity contribution >= 4 is 17.7 Å². The van der Waals surface area contributed by atoms with Gasteiger partial charge in [-0.05, 0) is 6.92 Å². The molecule has 6 nitrogen and oxygen atoms in total. The molecule has 0 amide bonds. The summed E-state index contributed by atoms with van der Waals surface area (Å²) in [5.41, 5.74) is 6.24. The van der Waals surface area contributed by atoms with Crippen LogP contribution in [-0.2, 0) is 5.75 Å². The molecule has 0 atom stereocenters. The molecule has 14 heavy (non-hydrogen) atoms. The van der Waals surface area contributed by atoms with Gasteiger partial charge in [-0.3, -0.25) is 0 Å². The Labute approximate surface area is 84.3 Å². The van der Waals surface area contributed by atoms with Crippen molar-refractivity contribution in [1.29, 1.82) is 0 Å². The third-order valence-corrected chi connectivity index (χ3v) is 2.37. The van der Waals surface area contributed by atoms with Crippen LogP contribution in [0.1, 0.15) is 11.5 Å². The van der Waals surface area contributed by atoms with E-state index in [0.717, 1.165) is 11.5 Å². The van der Waals surface area contributed by atoms with Crippen LogP contribution in [0.5, 0.6) is 0 Å². The van der Waals surface area contributed by atoms with Gasteiger partial charge in [0.05, 0.1) is 11.4 Å². The number of nitrogen functional groups attached to an aromatic ring is 1. The number of hydrogen-bond donors (Lipinski definition) is 2. The van der Waals surface area contributed by atoms with E-state index in [4.69, 9.17) is 10.3 Å². The molecule has 0 unspecified atom stereocenters. The Morgan fingerprint density at radius 1 is 1.64 bits per heavy atom. The fourth-order valence-corrected chi connectivity index (χ4v) is 1.62. The van der Waals surface area contributed by atoms with Gasteiger partial charge in [0.1, 0.15) is 5.76 Å². The van der Waals surface area contributed by atoms with Gasteiger partial charge in [-0.2, -0.15) is 4.98 Å². The van der Waals surface area contributed by atoms with Crippen LogP contribution in [0.2, 0.25) is 0 Å². The molecule has 2 aromatic rings. The fourth-order valence-electron chi connectivity index (χ4n) is 0.943. The van der Waals surface area contributed by atoms with Gasteiger partial charge >= 0.3 is 0 Å². The first-order valence-electron chi connectivity index (χ1n) is 3.97. The van der Waals surface area contributed by atoms with Gasteiger partial charge in [-0.1, -0.05) is 16.9 Å². The Morgan fingerprint density at radius 2 is 2.50 bits per heavy atom. The van der Waals surface area contributed by atoms with Crippen LogP contribution in [0.3, 0.4) is 0 Å². The second-order valence-electron chi connectivity index (χ2n) is 2.73. The number of nitrogens with one attached hydrogen (secondary N) is 1. The van der Waals surface area contributed by atoms with Crippen LogP contribution in [0.25, 0.3) is 0 Å².